The van der Waals surface area contributed by atoms with Crippen LogP contribution < -0.4 is 0 Å². The van der Waals surface area contributed by atoms with Gasteiger partial charge in [-0.15, -0.1) is 0 Å². The Bertz CT molecular complexity index is 152. The minimum Gasteiger partial charge on any atom is -0.340 e. The summed E-state index contributed by atoms with van der Waals surface area (Å²) < 4.78 is 0. The smallest absolute Gasteiger partial charge is 0.165 e. The molecule has 1 rings (SSSR count). The SMILES string of the molecule is [O]CCSc1ncc[nH]1. The normalized spacial score (nSPS) is 9.89. The van der Waals surface area contributed by atoms with E-state index in [2.05, 4.69) is 9.97 Å². The van der Waals surface area contributed by atoms with Crippen LogP contribution in [0.15, 0.2) is 17.6 Å². The Kier molecular flexibility index (Phi) is 2.60. The van der Waals surface area contributed by atoms with Crippen LogP contribution >= 0.6 is 11.8 Å². The van der Waals surface area contributed by atoms with E-state index < -0.39 is 0 Å². The van der Waals surface area contributed by atoms with Crippen molar-refractivity contribution in [2.75, 3.05) is 12.4 Å². The zero-order chi connectivity index (χ0) is 6.53. The molecule has 0 unspecified atom stereocenters. The molecular formula is C5H7N2OS. The topological polar surface area (TPSA) is 48.6 Å². The predicted molar refractivity (Wildman–Crippen MR) is 34.9 cm³/mol. The van der Waals surface area contributed by atoms with Crippen LogP contribution in [0.3, 0.4) is 0 Å². The number of aromatic nitrogens is 2. The largest absolute Gasteiger partial charge is 0.340 e. The highest BCUT2D eigenvalue weighted by molar-refractivity contribution is 7.99. The predicted octanol–water partition coefficient (Wildman–Crippen LogP) is 0.932. The van der Waals surface area contributed by atoms with Gasteiger partial charge >= 0.3 is 0 Å². The molecule has 0 aromatic carbocycles. The Balaban J connectivity index is 2.30. The molecule has 49 valence electrons. The number of nitrogens with zero attached hydrogens (tertiary/aromatic N) is 1. The number of rotatable bonds is 3. The van der Waals surface area contributed by atoms with Crippen LogP contribution in [0.5, 0.6) is 0 Å². The summed E-state index contributed by atoms with van der Waals surface area (Å²) in [5, 5.41) is 10.8. The Labute approximate surface area is 57.5 Å². The average molecular weight is 143 g/mol. The molecule has 0 aliphatic rings. The van der Waals surface area contributed by atoms with E-state index in [0.717, 1.165) is 5.16 Å². The number of aromatic amines is 1. The molecule has 1 aromatic heterocycles. The first-order valence-electron chi connectivity index (χ1n) is 2.64. The number of hydrogen-bond acceptors (Lipinski definition) is 2. The summed E-state index contributed by atoms with van der Waals surface area (Å²) in [7, 11) is 0. The third kappa shape index (κ3) is 2.07. The maximum absolute atomic E-state index is 9.96. The molecule has 1 radical (unpaired) electrons. The lowest BCUT2D eigenvalue weighted by atomic mass is 10.9. The first kappa shape index (κ1) is 6.64. The van der Waals surface area contributed by atoms with Gasteiger partial charge in [0.1, 0.15) is 0 Å². The summed E-state index contributed by atoms with van der Waals surface area (Å²) in [4.78, 5) is 6.81. The number of nitrogens with one attached hydrogen (secondary N) is 1. The lowest BCUT2D eigenvalue weighted by Crippen LogP contribution is -1.84. The lowest BCUT2D eigenvalue weighted by molar-refractivity contribution is 0.215. The second-order valence-electron chi connectivity index (χ2n) is 1.45. The van der Waals surface area contributed by atoms with Crippen LogP contribution in [-0.2, 0) is 5.11 Å². The third-order valence-electron chi connectivity index (χ3n) is 0.795. The quantitative estimate of drug-likeness (QED) is 0.640. The monoisotopic (exact) mass is 143 g/mol. The molecule has 9 heavy (non-hydrogen) atoms. The molecule has 0 atom stereocenters. The van der Waals surface area contributed by atoms with Gasteiger partial charge in [0.05, 0.1) is 6.61 Å². The van der Waals surface area contributed by atoms with Gasteiger partial charge in [-0.3, -0.25) is 0 Å². The Morgan fingerprint density at radius 2 is 2.67 bits per heavy atom. The zero-order valence-electron chi connectivity index (χ0n) is 4.83. The van der Waals surface area contributed by atoms with E-state index in [1.165, 1.54) is 11.8 Å². The molecule has 0 saturated heterocycles. The van der Waals surface area contributed by atoms with Crippen molar-refractivity contribution < 1.29 is 5.11 Å². The van der Waals surface area contributed by atoms with Crippen LogP contribution in [0.1, 0.15) is 0 Å². The van der Waals surface area contributed by atoms with Crippen molar-refractivity contribution in [3.8, 4) is 0 Å². The Hall–Kier alpha value is -0.480. The molecule has 0 aliphatic carbocycles. The molecule has 0 amide bonds. The number of imidazole rings is 1. The van der Waals surface area contributed by atoms with Crippen LogP contribution in [0.25, 0.3) is 0 Å². The molecule has 1 heterocycles. The molecule has 0 spiro atoms. The molecule has 0 bridgehead atoms. The van der Waals surface area contributed by atoms with Gasteiger partial charge in [-0.2, -0.15) is 0 Å². The van der Waals surface area contributed by atoms with Crippen LogP contribution in [-0.4, -0.2) is 22.3 Å². The van der Waals surface area contributed by atoms with Gasteiger partial charge in [0.15, 0.2) is 5.16 Å². The van der Waals surface area contributed by atoms with Crippen molar-refractivity contribution in [2.45, 2.75) is 5.16 Å². The van der Waals surface area contributed by atoms with Gasteiger partial charge in [-0.25, -0.2) is 10.1 Å². The molecule has 3 nitrogen and oxygen atoms in total. The minimum atomic E-state index is -0.0502. The fourth-order valence-electron chi connectivity index (χ4n) is 0.468. The molecule has 1 aromatic rings. The standard InChI is InChI=1S/C5H7N2OS/c8-3-4-9-5-6-1-2-7-5/h1-2H,3-4H2,(H,6,7). The van der Waals surface area contributed by atoms with Crippen LogP contribution in [0.4, 0.5) is 0 Å². The van der Waals surface area contributed by atoms with E-state index in [-0.39, 0.29) is 6.61 Å². The highest BCUT2D eigenvalue weighted by Crippen LogP contribution is 2.09. The zero-order valence-corrected chi connectivity index (χ0v) is 5.65. The maximum Gasteiger partial charge on any atom is 0.165 e. The molecule has 1 N–H and O–H groups in total. The Morgan fingerprint density at radius 3 is 3.22 bits per heavy atom. The highest BCUT2D eigenvalue weighted by atomic mass is 32.2. The summed E-state index contributed by atoms with van der Waals surface area (Å²) in [5.41, 5.74) is 0. The summed E-state index contributed by atoms with van der Waals surface area (Å²) >= 11 is 1.45. The van der Waals surface area contributed by atoms with E-state index in [1.807, 2.05) is 0 Å². The van der Waals surface area contributed by atoms with Gasteiger partial charge < -0.3 is 4.98 Å². The molecular weight excluding hydrogens is 136 g/mol. The Morgan fingerprint density at radius 1 is 1.78 bits per heavy atom. The fourth-order valence-corrected chi connectivity index (χ4v) is 1.03. The second kappa shape index (κ2) is 3.53. The average Bonchev–Trinajstić information content (AvgIpc) is 2.34. The summed E-state index contributed by atoms with van der Waals surface area (Å²) in [6.07, 6.45) is 3.42. The van der Waals surface area contributed by atoms with E-state index in [1.54, 1.807) is 12.4 Å². The van der Waals surface area contributed by atoms with Crippen molar-refractivity contribution in [1.29, 1.82) is 0 Å². The van der Waals surface area contributed by atoms with Crippen molar-refractivity contribution in [2.24, 2.45) is 0 Å². The van der Waals surface area contributed by atoms with Gasteiger partial charge in [-0.1, -0.05) is 11.8 Å². The highest BCUT2D eigenvalue weighted by Gasteiger charge is 1.91. The van der Waals surface area contributed by atoms with Crippen LogP contribution in [0, 0.1) is 0 Å². The van der Waals surface area contributed by atoms with Gasteiger partial charge in [0.2, 0.25) is 0 Å². The molecule has 4 heteroatoms. The van der Waals surface area contributed by atoms with E-state index in [4.69, 9.17) is 0 Å². The molecule has 0 saturated carbocycles. The van der Waals surface area contributed by atoms with Crippen molar-refractivity contribution >= 4 is 11.8 Å². The summed E-state index contributed by atoms with van der Waals surface area (Å²) in [6.45, 7) is -0.0502. The molecule has 0 aliphatic heterocycles. The minimum absolute atomic E-state index is 0.0502. The summed E-state index contributed by atoms with van der Waals surface area (Å²) in [5.74, 6) is 0.591. The summed E-state index contributed by atoms with van der Waals surface area (Å²) in [6, 6.07) is 0. The van der Waals surface area contributed by atoms with Crippen molar-refractivity contribution in [3.05, 3.63) is 12.4 Å². The van der Waals surface area contributed by atoms with Gasteiger partial charge in [0, 0.05) is 18.1 Å². The number of hydrogen-bond donors (Lipinski definition) is 1. The maximum atomic E-state index is 9.96. The first-order valence-corrected chi connectivity index (χ1v) is 3.62. The number of H-pyrrole nitrogens is 1. The van der Waals surface area contributed by atoms with Crippen molar-refractivity contribution in [1.82, 2.24) is 9.97 Å². The van der Waals surface area contributed by atoms with Crippen LogP contribution in [0.2, 0.25) is 0 Å². The number of thioether (sulfide) groups is 1. The molecule has 0 fully saturated rings. The van der Waals surface area contributed by atoms with Crippen molar-refractivity contribution in [3.63, 3.8) is 0 Å². The van der Waals surface area contributed by atoms with E-state index in [9.17, 15) is 5.11 Å². The van der Waals surface area contributed by atoms with Gasteiger partial charge in [-0.05, 0) is 0 Å². The lowest BCUT2D eigenvalue weighted by Gasteiger charge is -1.88. The van der Waals surface area contributed by atoms with Gasteiger partial charge in [0.25, 0.3) is 0 Å². The third-order valence-corrected chi connectivity index (χ3v) is 1.66. The fraction of sp³-hybridized carbons (Fsp3) is 0.400. The first-order chi connectivity index (χ1) is 4.43. The second-order valence-corrected chi connectivity index (χ2v) is 2.53. The van der Waals surface area contributed by atoms with E-state index >= 15 is 0 Å². The van der Waals surface area contributed by atoms with E-state index in [0.29, 0.717) is 5.75 Å².